The molecule has 2 unspecified atom stereocenters. The van der Waals surface area contributed by atoms with Crippen molar-refractivity contribution < 1.29 is 4.74 Å². The van der Waals surface area contributed by atoms with E-state index in [-0.39, 0.29) is 5.60 Å². The first-order valence-corrected chi connectivity index (χ1v) is 8.08. The van der Waals surface area contributed by atoms with Gasteiger partial charge in [0.1, 0.15) is 0 Å². The number of rotatable bonds is 4. The summed E-state index contributed by atoms with van der Waals surface area (Å²) in [6.45, 7) is 3.18. The quantitative estimate of drug-likeness (QED) is 0.907. The second-order valence-corrected chi connectivity index (χ2v) is 6.66. The Morgan fingerprint density at radius 3 is 2.80 bits per heavy atom. The van der Waals surface area contributed by atoms with Crippen LogP contribution in [0.3, 0.4) is 0 Å². The molecule has 0 amide bonds. The van der Waals surface area contributed by atoms with E-state index in [1.807, 2.05) is 0 Å². The molecule has 1 spiro atoms. The van der Waals surface area contributed by atoms with Crippen LogP contribution in [-0.2, 0) is 11.2 Å². The van der Waals surface area contributed by atoms with Gasteiger partial charge in [0.25, 0.3) is 0 Å². The molecule has 1 saturated heterocycles. The summed E-state index contributed by atoms with van der Waals surface area (Å²) in [6, 6.07) is 9.37. The Bertz CT molecular complexity index is 452. The van der Waals surface area contributed by atoms with Gasteiger partial charge >= 0.3 is 0 Å². The molecular weight excluding hydrogens is 246 g/mol. The number of benzene rings is 1. The highest BCUT2D eigenvalue weighted by Crippen LogP contribution is 2.45. The summed E-state index contributed by atoms with van der Waals surface area (Å²) in [6.07, 6.45) is 7.52. The number of hydrogen-bond donors (Lipinski definition) is 1. The maximum absolute atomic E-state index is 6.07. The van der Waals surface area contributed by atoms with Gasteiger partial charge in [0.15, 0.2) is 0 Å². The van der Waals surface area contributed by atoms with Crippen molar-refractivity contribution in [3.05, 3.63) is 35.4 Å². The Balaban J connectivity index is 1.68. The van der Waals surface area contributed by atoms with Gasteiger partial charge in [-0.05, 0) is 69.5 Å². The first kappa shape index (κ1) is 14.1. The van der Waals surface area contributed by atoms with Crippen LogP contribution in [0.4, 0.5) is 0 Å². The van der Waals surface area contributed by atoms with Crippen molar-refractivity contribution in [2.45, 2.75) is 57.1 Å². The molecule has 1 saturated carbocycles. The van der Waals surface area contributed by atoms with Gasteiger partial charge < -0.3 is 10.1 Å². The first-order chi connectivity index (χ1) is 9.72. The molecule has 2 aliphatic rings. The Hall–Kier alpha value is -0.860. The Kier molecular flexibility index (Phi) is 4.13. The fourth-order valence-corrected chi connectivity index (χ4v) is 3.91. The summed E-state index contributed by atoms with van der Waals surface area (Å²) in [4.78, 5) is 0. The largest absolute Gasteiger partial charge is 0.375 e. The molecule has 20 heavy (non-hydrogen) atoms. The van der Waals surface area contributed by atoms with Crippen molar-refractivity contribution in [2.24, 2.45) is 5.92 Å². The normalized spacial score (nSPS) is 26.2. The lowest BCUT2D eigenvalue weighted by molar-refractivity contribution is -0.146. The van der Waals surface area contributed by atoms with Crippen LogP contribution < -0.4 is 5.32 Å². The van der Waals surface area contributed by atoms with Crippen LogP contribution >= 0.6 is 0 Å². The van der Waals surface area contributed by atoms with E-state index in [9.17, 15) is 0 Å². The molecule has 0 bridgehead atoms. The van der Waals surface area contributed by atoms with Crippen molar-refractivity contribution in [1.82, 2.24) is 5.32 Å². The van der Waals surface area contributed by atoms with Crippen LogP contribution in [0.25, 0.3) is 0 Å². The van der Waals surface area contributed by atoms with E-state index in [0.29, 0.717) is 6.04 Å². The lowest BCUT2D eigenvalue weighted by Crippen LogP contribution is -2.50. The second kappa shape index (κ2) is 5.87. The highest BCUT2D eigenvalue weighted by Gasteiger charge is 2.44. The molecule has 0 radical (unpaired) electrons. The molecule has 3 rings (SSSR count). The van der Waals surface area contributed by atoms with Gasteiger partial charge in [-0.2, -0.15) is 0 Å². The summed E-state index contributed by atoms with van der Waals surface area (Å²) < 4.78 is 6.07. The van der Waals surface area contributed by atoms with Gasteiger partial charge in [-0.25, -0.2) is 0 Å². The molecule has 1 aromatic carbocycles. The zero-order chi connectivity index (χ0) is 14.0. The maximum atomic E-state index is 6.07. The zero-order valence-electron chi connectivity index (χ0n) is 12.8. The number of ether oxygens (including phenoxy) is 1. The monoisotopic (exact) mass is 273 g/mol. The molecule has 2 heteroatoms. The highest BCUT2D eigenvalue weighted by molar-refractivity contribution is 5.26. The summed E-state index contributed by atoms with van der Waals surface area (Å²) in [5, 5.41) is 3.58. The minimum Gasteiger partial charge on any atom is -0.375 e. The van der Waals surface area contributed by atoms with Crippen molar-refractivity contribution in [2.75, 3.05) is 13.7 Å². The average Bonchev–Trinajstić information content (AvgIpc) is 2.45. The minimum atomic E-state index is 0.254. The molecular formula is C18H27NO. The number of nitrogens with one attached hydrogen (secondary N) is 1. The maximum Gasteiger partial charge on any atom is 0.0685 e. The molecule has 0 aromatic heterocycles. The summed E-state index contributed by atoms with van der Waals surface area (Å²) in [7, 11) is 2.12. The third-order valence-corrected chi connectivity index (χ3v) is 5.44. The zero-order valence-corrected chi connectivity index (χ0v) is 12.8. The Morgan fingerprint density at radius 1 is 1.35 bits per heavy atom. The predicted molar refractivity (Wildman–Crippen MR) is 83.0 cm³/mol. The van der Waals surface area contributed by atoms with Crippen LogP contribution in [0.1, 0.15) is 43.2 Å². The number of hydrogen-bond acceptors (Lipinski definition) is 2. The summed E-state index contributed by atoms with van der Waals surface area (Å²) in [5.74, 6) is 0.758. The molecule has 2 nitrogen and oxygen atoms in total. The highest BCUT2D eigenvalue weighted by atomic mass is 16.5. The van der Waals surface area contributed by atoms with Crippen LogP contribution in [0.5, 0.6) is 0 Å². The molecule has 110 valence electrons. The van der Waals surface area contributed by atoms with E-state index in [2.05, 4.69) is 43.6 Å². The topological polar surface area (TPSA) is 21.3 Å². The molecule has 1 aliphatic heterocycles. The lowest BCUT2D eigenvalue weighted by Gasteiger charge is -2.48. The fraction of sp³-hybridized carbons (Fsp3) is 0.667. The van der Waals surface area contributed by atoms with E-state index in [1.165, 1.54) is 43.2 Å². The van der Waals surface area contributed by atoms with Crippen LogP contribution in [0, 0.1) is 12.8 Å². The molecule has 2 atom stereocenters. The van der Waals surface area contributed by atoms with Gasteiger partial charge in [-0.3, -0.25) is 0 Å². The van der Waals surface area contributed by atoms with Crippen molar-refractivity contribution >= 4 is 0 Å². The van der Waals surface area contributed by atoms with Crippen molar-refractivity contribution in [3.63, 3.8) is 0 Å². The van der Waals surface area contributed by atoms with Crippen molar-refractivity contribution in [1.29, 1.82) is 0 Å². The lowest BCUT2D eigenvalue weighted by atomic mass is 9.70. The smallest absolute Gasteiger partial charge is 0.0685 e. The number of likely N-dealkylation sites (N-methyl/N-ethyl adjacent to an activating group) is 1. The van der Waals surface area contributed by atoms with Crippen LogP contribution in [0.15, 0.2) is 24.3 Å². The molecule has 1 N–H and O–H groups in total. The van der Waals surface area contributed by atoms with E-state index in [4.69, 9.17) is 4.74 Å². The minimum absolute atomic E-state index is 0.254. The third-order valence-electron chi connectivity index (χ3n) is 5.44. The van der Waals surface area contributed by atoms with E-state index >= 15 is 0 Å². The fourth-order valence-electron chi connectivity index (χ4n) is 3.91. The molecule has 2 fully saturated rings. The van der Waals surface area contributed by atoms with Crippen LogP contribution in [-0.4, -0.2) is 25.3 Å². The Morgan fingerprint density at radius 2 is 2.15 bits per heavy atom. The van der Waals surface area contributed by atoms with Gasteiger partial charge in [-0.15, -0.1) is 0 Å². The van der Waals surface area contributed by atoms with Crippen molar-refractivity contribution in [3.8, 4) is 0 Å². The second-order valence-electron chi connectivity index (χ2n) is 6.66. The van der Waals surface area contributed by atoms with Gasteiger partial charge in [0.05, 0.1) is 5.60 Å². The van der Waals surface area contributed by atoms with Gasteiger partial charge in [-0.1, -0.05) is 24.3 Å². The average molecular weight is 273 g/mol. The SMILES string of the molecule is CNC(Cc1ccccc1C)C1CCOC2(CCC2)C1. The van der Waals surface area contributed by atoms with Gasteiger partial charge in [0, 0.05) is 12.6 Å². The van der Waals surface area contributed by atoms with Gasteiger partial charge in [0.2, 0.25) is 0 Å². The first-order valence-electron chi connectivity index (χ1n) is 8.08. The summed E-state index contributed by atoms with van der Waals surface area (Å²) >= 11 is 0. The molecule has 1 aliphatic carbocycles. The van der Waals surface area contributed by atoms with Crippen LogP contribution in [0.2, 0.25) is 0 Å². The van der Waals surface area contributed by atoms with E-state index in [1.54, 1.807) is 0 Å². The molecule has 1 heterocycles. The number of aryl methyl sites for hydroxylation is 1. The van der Waals surface area contributed by atoms with E-state index < -0.39 is 0 Å². The Labute approximate surface area is 122 Å². The third kappa shape index (κ3) is 2.77. The standard InChI is InChI=1S/C18H27NO/c1-14-6-3-4-7-15(14)12-17(19-2)16-8-11-20-18(13-16)9-5-10-18/h3-4,6-7,16-17,19H,5,8-13H2,1-2H3. The van der Waals surface area contributed by atoms with E-state index in [0.717, 1.165) is 18.9 Å². The predicted octanol–water partition coefficient (Wildman–Crippen LogP) is 3.47. The molecule has 1 aromatic rings. The summed E-state index contributed by atoms with van der Waals surface area (Å²) in [5.41, 5.74) is 3.16.